The fourth-order valence-corrected chi connectivity index (χ4v) is 1.92. The van der Waals surface area contributed by atoms with Crippen molar-refractivity contribution < 1.29 is 19.8 Å². The van der Waals surface area contributed by atoms with Crippen molar-refractivity contribution in [2.45, 2.75) is 0 Å². The second-order valence-corrected chi connectivity index (χ2v) is 4.76. The van der Waals surface area contributed by atoms with Gasteiger partial charge in [-0.2, -0.15) is 0 Å². The molecule has 0 unspecified atom stereocenters. The van der Waals surface area contributed by atoms with E-state index < -0.39 is 11.9 Å². The molecule has 2 rings (SSSR count). The molecule has 2 aromatic rings. The molecule has 0 aliphatic carbocycles. The first-order valence-corrected chi connectivity index (χ1v) is 6.40. The SMILES string of the molecule is Nc1cc(N)c(C(=O)O)c(N)c1.Nc1cc(N)c(C(=O)O)c(N)c1. The lowest BCUT2D eigenvalue weighted by Crippen LogP contribution is -2.07. The van der Waals surface area contributed by atoms with E-state index in [1.165, 1.54) is 24.3 Å². The van der Waals surface area contributed by atoms with Crippen LogP contribution < -0.4 is 34.4 Å². The lowest BCUT2D eigenvalue weighted by Gasteiger charge is -2.05. The zero-order chi connectivity index (χ0) is 18.6. The molecule has 128 valence electrons. The number of carbonyl (C=O) groups is 2. The van der Waals surface area contributed by atoms with E-state index in [4.69, 9.17) is 44.6 Å². The van der Waals surface area contributed by atoms with Crippen molar-refractivity contribution in [3.63, 3.8) is 0 Å². The van der Waals surface area contributed by atoms with Gasteiger partial charge < -0.3 is 44.6 Å². The van der Waals surface area contributed by atoms with Crippen LogP contribution in [0.5, 0.6) is 0 Å². The third kappa shape index (κ3) is 4.10. The van der Waals surface area contributed by atoms with E-state index >= 15 is 0 Å². The molecule has 0 bridgehead atoms. The van der Waals surface area contributed by atoms with Crippen LogP contribution in [0, 0.1) is 0 Å². The highest BCUT2D eigenvalue weighted by molar-refractivity contribution is 6.01. The molecular formula is C14H18N6O4. The van der Waals surface area contributed by atoms with Crippen LogP contribution in [0.1, 0.15) is 20.7 Å². The number of hydrogen-bond acceptors (Lipinski definition) is 8. The number of nitrogen functional groups attached to an aromatic ring is 6. The maximum Gasteiger partial charge on any atom is 0.339 e. The van der Waals surface area contributed by atoms with E-state index in [0.29, 0.717) is 11.4 Å². The molecule has 0 atom stereocenters. The Bertz CT molecular complexity index is 692. The third-order valence-electron chi connectivity index (χ3n) is 2.87. The number of rotatable bonds is 2. The normalized spacial score (nSPS) is 9.67. The first-order valence-electron chi connectivity index (χ1n) is 6.40. The maximum atomic E-state index is 10.6. The van der Waals surface area contributed by atoms with E-state index in [-0.39, 0.29) is 33.9 Å². The maximum absolute atomic E-state index is 10.6. The molecule has 0 radical (unpaired) electrons. The minimum absolute atomic E-state index is 0.0833. The van der Waals surface area contributed by atoms with Gasteiger partial charge in [-0.1, -0.05) is 0 Å². The summed E-state index contributed by atoms with van der Waals surface area (Å²) >= 11 is 0. The molecule has 0 fully saturated rings. The largest absolute Gasteiger partial charge is 0.478 e. The average molecular weight is 334 g/mol. The summed E-state index contributed by atoms with van der Waals surface area (Å²) in [6.07, 6.45) is 0. The molecule has 0 spiro atoms. The standard InChI is InChI=1S/2C7H9N3O2/c2*8-3-1-4(9)6(7(11)12)5(10)2-3/h2*1-2H,8-10H2,(H,11,12). The van der Waals surface area contributed by atoms with E-state index in [0.717, 1.165) is 0 Å². The second-order valence-electron chi connectivity index (χ2n) is 4.76. The van der Waals surface area contributed by atoms with Crippen molar-refractivity contribution in [3.8, 4) is 0 Å². The summed E-state index contributed by atoms with van der Waals surface area (Å²) in [5, 5.41) is 17.3. The highest BCUT2D eigenvalue weighted by atomic mass is 16.4. The smallest absolute Gasteiger partial charge is 0.339 e. The highest BCUT2D eigenvalue weighted by Gasteiger charge is 2.13. The molecule has 2 aromatic carbocycles. The van der Waals surface area contributed by atoms with Crippen LogP contribution in [0.3, 0.4) is 0 Å². The summed E-state index contributed by atoms with van der Waals surface area (Å²) < 4.78 is 0. The molecule has 10 heteroatoms. The van der Waals surface area contributed by atoms with E-state index in [1.54, 1.807) is 0 Å². The van der Waals surface area contributed by atoms with Gasteiger partial charge in [-0.25, -0.2) is 9.59 Å². The van der Waals surface area contributed by atoms with Crippen LogP contribution in [-0.4, -0.2) is 22.2 Å². The molecule has 24 heavy (non-hydrogen) atoms. The summed E-state index contributed by atoms with van der Waals surface area (Å²) in [6.45, 7) is 0. The van der Waals surface area contributed by atoms with Gasteiger partial charge in [0, 0.05) is 11.4 Å². The summed E-state index contributed by atoms with van der Waals surface area (Å²) in [5.41, 5.74) is 33.1. The molecule has 0 amide bonds. The van der Waals surface area contributed by atoms with Crippen LogP contribution >= 0.6 is 0 Å². The average Bonchev–Trinajstić information content (AvgIpc) is 2.35. The Kier molecular flexibility index (Phi) is 5.29. The molecule has 14 N–H and O–H groups in total. The van der Waals surface area contributed by atoms with Gasteiger partial charge in [0.05, 0.1) is 22.7 Å². The topological polar surface area (TPSA) is 231 Å². The summed E-state index contributed by atoms with van der Waals surface area (Å²) in [4.78, 5) is 21.1. The van der Waals surface area contributed by atoms with E-state index in [2.05, 4.69) is 0 Å². The van der Waals surface area contributed by atoms with Gasteiger partial charge >= 0.3 is 11.9 Å². The van der Waals surface area contributed by atoms with Crippen LogP contribution in [-0.2, 0) is 0 Å². The zero-order valence-corrected chi connectivity index (χ0v) is 12.5. The van der Waals surface area contributed by atoms with Crippen molar-refractivity contribution in [2.75, 3.05) is 34.4 Å². The number of aromatic carboxylic acids is 2. The second kappa shape index (κ2) is 6.96. The van der Waals surface area contributed by atoms with Gasteiger partial charge in [-0.05, 0) is 24.3 Å². The number of nitrogens with two attached hydrogens (primary N) is 6. The molecule has 0 saturated carbocycles. The predicted octanol–water partition coefficient (Wildman–Crippen LogP) is 0.263. The number of hydrogen-bond donors (Lipinski definition) is 8. The van der Waals surface area contributed by atoms with Gasteiger partial charge in [0.2, 0.25) is 0 Å². The number of anilines is 6. The van der Waals surface area contributed by atoms with Gasteiger partial charge in [0.1, 0.15) is 11.1 Å². The van der Waals surface area contributed by atoms with Crippen molar-refractivity contribution in [3.05, 3.63) is 35.4 Å². The van der Waals surface area contributed by atoms with Crippen LogP contribution in [0.4, 0.5) is 34.1 Å². The predicted molar refractivity (Wildman–Crippen MR) is 93.3 cm³/mol. The van der Waals surface area contributed by atoms with Crippen LogP contribution in [0.15, 0.2) is 24.3 Å². The van der Waals surface area contributed by atoms with Crippen LogP contribution in [0.25, 0.3) is 0 Å². The van der Waals surface area contributed by atoms with Crippen LogP contribution in [0.2, 0.25) is 0 Å². The van der Waals surface area contributed by atoms with Gasteiger partial charge in [0.25, 0.3) is 0 Å². The Hall–Kier alpha value is -3.82. The fraction of sp³-hybridized carbons (Fsp3) is 0. The molecular weight excluding hydrogens is 316 g/mol. The van der Waals surface area contributed by atoms with Gasteiger partial charge in [0.15, 0.2) is 0 Å². The van der Waals surface area contributed by atoms with Crippen molar-refractivity contribution >= 4 is 46.1 Å². The first kappa shape index (κ1) is 18.2. The van der Waals surface area contributed by atoms with Crippen molar-refractivity contribution in [1.29, 1.82) is 0 Å². The molecule has 10 nitrogen and oxygen atoms in total. The number of carboxylic acids is 2. The van der Waals surface area contributed by atoms with Gasteiger partial charge in [-0.15, -0.1) is 0 Å². The molecule has 0 aliphatic rings. The summed E-state index contributed by atoms with van der Waals surface area (Å²) in [5.74, 6) is -2.30. The minimum atomic E-state index is -1.15. The Morgan fingerprint density at radius 3 is 0.958 bits per heavy atom. The Balaban J connectivity index is 0.000000240. The quantitative estimate of drug-likeness (QED) is 0.349. The zero-order valence-electron chi connectivity index (χ0n) is 12.5. The molecule has 0 heterocycles. The molecule has 0 saturated heterocycles. The Labute approximate surface area is 136 Å². The third-order valence-corrected chi connectivity index (χ3v) is 2.87. The van der Waals surface area contributed by atoms with E-state index in [9.17, 15) is 9.59 Å². The lowest BCUT2D eigenvalue weighted by molar-refractivity contribution is 0.0688. The number of benzene rings is 2. The molecule has 0 aliphatic heterocycles. The lowest BCUT2D eigenvalue weighted by atomic mass is 10.1. The van der Waals surface area contributed by atoms with Gasteiger partial charge in [-0.3, -0.25) is 0 Å². The number of carboxylic acid groups (broad SMARTS) is 2. The van der Waals surface area contributed by atoms with Crippen molar-refractivity contribution in [2.24, 2.45) is 0 Å². The van der Waals surface area contributed by atoms with E-state index in [1.807, 2.05) is 0 Å². The monoisotopic (exact) mass is 334 g/mol. The fourth-order valence-electron chi connectivity index (χ4n) is 1.92. The highest BCUT2D eigenvalue weighted by Crippen LogP contribution is 2.23. The summed E-state index contributed by atoms with van der Waals surface area (Å²) in [7, 11) is 0. The minimum Gasteiger partial charge on any atom is -0.478 e. The summed E-state index contributed by atoms with van der Waals surface area (Å²) in [6, 6.07) is 5.44. The first-order chi connectivity index (χ1) is 11.0. The molecule has 0 aromatic heterocycles. The Morgan fingerprint density at radius 1 is 0.583 bits per heavy atom. The van der Waals surface area contributed by atoms with Crippen molar-refractivity contribution in [1.82, 2.24) is 0 Å². The Morgan fingerprint density at radius 2 is 0.792 bits per heavy atom.